The molecule has 0 aliphatic carbocycles. The minimum Gasteiger partial charge on any atom is -0.477 e. The quantitative estimate of drug-likeness (QED) is 0.789. The van der Waals surface area contributed by atoms with Crippen molar-refractivity contribution in [1.82, 2.24) is 4.98 Å². The van der Waals surface area contributed by atoms with Crippen LogP contribution >= 0.6 is 11.3 Å². The van der Waals surface area contributed by atoms with Crippen LogP contribution in [0.2, 0.25) is 0 Å². The Balaban J connectivity index is 3.02. The maximum absolute atomic E-state index is 11.6. The van der Waals surface area contributed by atoms with Crippen molar-refractivity contribution in [2.45, 2.75) is 20.0 Å². The lowest BCUT2D eigenvalue weighted by Gasteiger charge is -2.04. The number of rotatable bonds is 4. The number of nitrogens with zero attached hydrogens (tertiary/aromatic N) is 1. The molecule has 6 heteroatoms. The van der Waals surface area contributed by atoms with Crippen LogP contribution in [-0.4, -0.2) is 35.1 Å². The van der Waals surface area contributed by atoms with Gasteiger partial charge in [-0.15, -0.1) is 11.3 Å². The third-order valence-corrected chi connectivity index (χ3v) is 3.08. The molecular weight excluding hydrogens is 218 g/mol. The average Bonchev–Trinajstić information content (AvgIpc) is 2.58. The van der Waals surface area contributed by atoms with Crippen molar-refractivity contribution in [3.8, 4) is 0 Å². The SMILES string of the molecule is COC(C)C(=O)c1nc(C)c(C(=O)O)s1. The first kappa shape index (κ1) is 11.8. The average molecular weight is 229 g/mol. The zero-order valence-corrected chi connectivity index (χ0v) is 9.42. The molecule has 15 heavy (non-hydrogen) atoms. The van der Waals surface area contributed by atoms with Crippen LogP contribution in [0.4, 0.5) is 0 Å². The highest BCUT2D eigenvalue weighted by molar-refractivity contribution is 7.15. The number of carboxylic acids is 1. The summed E-state index contributed by atoms with van der Waals surface area (Å²) >= 11 is 0.879. The number of carbonyl (C=O) groups excluding carboxylic acids is 1. The fraction of sp³-hybridized carbons (Fsp3) is 0.444. The van der Waals surface area contributed by atoms with Gasteiger partial charge in [-0.3, -0.25) is 4.79 Å². The largest absolute Gasteiger partial charge is 0.477 e. The van der Waals surface area contributed by atoms with E-state index in [1.165, 1.54) is 7.11 Å². The Bertz CT molecular complexity index is 399. The smallest absolute Gasteiger partial charge is 0.347 e. The van der Waals surface area contributed by atoms with Gasteiger partial charge in [0, 0.05) is 7.11 Å². The van der Waals surface area contributed by atoms with E-state index in [4.69, 9.17) is 9.84 Å². The van der Waals surface area contributed by atoms with Crippen LogP contribution in [0.5, 0.6) is 0 Å². The lowest BCUT2D eigenvalue weighted by Crippen LogP contribution is -2.18. The van der Waals surface area contributed by atoms with Gasteiger partial charge in [-0.05, 0) is 13.8 Å². The summed E-state index contributed by atoms with van der Waals surface area (Å²) in [6.07, 6.45) is -0.600. The van der Waals surface area contributed by atoms with Gasteiger partial charge in [0.25, 0.3) is 0 Å². The number of Topliss-reactive ketones (excluding diaryl/α,β-unsaturated/α-hetero) is 1. The Hall–Kier alpha value is -1.27. The first-order valence-electron chi connectivity index (χ1n) is 4.25. The summed E-state index contributed by atoms with van der Waals surface area (Å²) in [4.78, 5) is 26.3. The van der Waals surface area contributed by atoms with Gasteiger partial charge in [-0.2, -0.15) is 0 Å². The lowest BCUT2D eigenvalue weighted by atomic mass is 10.3. The van der Waals surface area contributed by atoms with Crippen molar-refractivity contribution in [3.63, 3.8) is 0 Å². The summed E-state index contributed by atoms with van der Waals surface area (Å²) in [5, 5.41) is 8.96. The number of ether oxygens (including phenoxy) is 1. The topological polar surface area (TPSA) is 76.5 Å². The Morgan fingerprint density at radius 2 is 2.13 bits per heavy atom. The van der Waals surface area contributed by atoms with Gasteiger partial charge in [0.2, 0.25) is 5.78 Å². The highest BCUT2D eigenvalue weighted by Gasteiger charge is 2.22. The standard InChI is InChI=1S/C9H11NO4S/c1-4-7(9(12)13)15-8(10-4)6(11)5(2)14-3/h5H,1-3H3,(H,12,13). The maximum Gasteiger partial charge on any atom is 0.347 e. The zero-order chi connectivity index (χ0) is 11.6. The third-order valence-electron chi connectivity index (χ3n) is 1.92. The fourth-order valence-corrected chi connectivity index (χ4v) is 1.90. The van der Waals surface area contributed by atoms with Gasteiger partial charge in [0.05, 0.1) is 5.69 Å². The van der Waals surface area contributed by atoms with Gasteiger partial charge in [0.1, 0.15) is 11.0 Å². The Morgan fingerprint density at radius 1 is 1.53 bits per heavy atom. The molecule has 0 saturated heterocycles. The van der Waals surface area contributed by atoms with Crippen molar-refractivity contribution >= 4 is 23.1 Å². The van der Waals surface area contributed by atoms with Crippen molar-refractivity contribution in [2.75, 3.05) is 7.11 Å². The molecule has 0 fully saturated rings. The van der Waals surface area contributed by atoms with E-state index in [-0.39, 0.29) is 15.7 Å². The molecule has 1 aromatic rings. The van der Waals surface area contributed by atoms with Gasteiger partial charge in [0.15, 0.2) is 5.01 Å². The van der Waals surface area contributed by atoms with E-state index in [0.717, 1.165) is 11.3 Å². The number of aromatic carboxylic acids is 1. The van der Waals surface area contributed by atoms with Crippen LogP contribution < -0.4 is 0 Å². The molecule has 0 amide bonds. The minimum atomic E-state index is -1.06. The van der Waals surface area contributed by atoms with E-state index < -0.39 is 12.1 Å². The summed E-state index contributed by atoms with van der Waals surface area (Å²) < 4.78 is 4.85. The van der Waals surface area contributed by atoms with E-state index >= 15 is 0 Å². The van der Waals surface area contributed by atoms with E-state index in [2.05, 4.69) is 4.98 Å². The summed E-state index contributed by atoms with van der Waals surface area (Å²) in [7, 11) is 1.42. The molecule has 0 aromatic carbocycles. The summed E-state index contributed by atoms with van der Waals surface area (Å²) in [6.45, 7) is 3.16. The van der Waals surface area contributed by atoms with E-state index in [1.807, 2.05) is 0 Å². The van der Waals surface area contributed by atoms with Gasteiger partial charge >= 0.3 is 5.97 Å². The molecule has 1 atom stereocenters. The van der Waals surface area contributed by atoms with Crippen molar-refractivity contribution in [2.24, 2.45) is 0 Å². The van der Waals surface area contributed by atoms with Crippen LogP contribution in [0.1, 0.15) is 32.1 Å². The van der Waals surface area contributed by atoms with Crippen LogP contribution in [0.25, 0.3) is 0 Å². The lowest BCUT2D eigenvalue weighted by molar-refractivity contribution is 0.0654. The van der Waals surface area contributed by atoms with Crippen molar-refractivity contribution < 1.29 is 19.4 Å². The van der Waals surface area contributed by atoms with Crippen LogP contribution in [0.3, 0.4) is 0 Å². The van der Waals surface area contributed by atoms with E-state index in [9.17, 15) is 9.59 Å². The van der Waals surface area contributed by atoms with Gasteiger partial charge < -0.3 is 9.84 Å². The number of ketones is 1. The fourth-order valence-electron chi connectivity index (χ4n) is 0.981. The highest BCUT2D eigenvalue weighted by Crippen LogP contribution is 2.19. The van der Waals surface area contributed by atoms with Crippen LogP contribution in [0, 0.1) is 6.92 Å². The second-order valence-corrected chi connectivity index (χ2v) is 3.98. The molecule has 0 bridgehead atoms. The molecule has 1 rings (SSSR count). The summed E-state index contributed by atoms with van der Waals surface area (Å²) in [5.74, 6) is -1.35. The number of carbonyl (C=O) groups is 2. The maximum atomic E-state index is 11.6. The number of aryl methyl sites for hydroxylation is 1. The monoisotopic (exact) mass is 229 g/mol. The predicted octanol–water partition coefficient (Wildman–Crippen LogP) is 1.37. The van der Waals surface area contributed by atoms with Gasteiger partial charge in [-0.1, -0.05) is 0 Å². The molecule has 0 aliphatic heterocycles. The first-order chi connectivity index (χ1) is 6.97. The third kappa shape index (κ3) is 2.40. The number of aromatic nitrogens is 1. The second kappa shape index (κ2) is 4.50. The molecule has 0 saturated carbocycles. The normalized spacial score (nSPS) is 12.5. The Morgan fingerprint density at radius 3 is 2.53 bits per heavy atom. The molecule has 5 nitrogen and oxygen atoms in total. The molecule has 1 N–H and O–H groups in total. The van der Waals surface area contributed by atoms with Crippen molar-refractivity contribution in [1.29, 1.82) is 0 Å². The first-order valence-corrected chi connectivity index (χ1v) is 5.06. The number of thiazole rings is 1. The molecule has 1 unspecified atom stereocenters. The minimum absolute atomic E-state index is 0.0988. The molecule has 1 heterocycles. The zero-order valence-electron chi connectivity index (χ0n) is 8.60. The van der Waals surface area contributed by atoms with E-state index in [1.54, 1.807) is 13.8 Å². The molecule has 0 spiro atoms. The summed E-state index contributed by atoms with van der Waals surface area (Å²) in [6, 6.07) is 0. The molecule has 1 aromatic heterocycles. The molecule has 0 radical (unpaired) electrons. The summed E-state index contributed by atoms with van der Waals surface area (Å²) in [5.41, 5.74) is 0.360. The second-order valence-electron chi connectivity index (χ2n) is 2.98. The van der Waals surface area contributed by atoms with Gasteiger partial charge in [-0.25, -0.2) is 9.78 Å². The Kier molecular flexibility index (Phi) is 3.54. The van der Waals surface area contributed by atoms with Crippen LogP contribution in [0.15, 0.2) is 0 Å². The van der Waals surface area contributed by atoms with Crippen molar-refractivity contribution in [3.05, 3.63) is 15.6 Å². The molecule has 82 valence electrons. The number of carboxylic acid groups (broad SMARTS) is 1. The molecule has 0 aliphatic rings. The van der Waals surface area contributed by atoms with E-state index in [0.29, 0.717) is 5.69 Å². The molecular formula is C9H11NO4S. The predicted molar refractivity (Wildman–Crippen MR) is 54.6 cm³/mol. The number of hydrogen-bond acceptors (Lipinski definition) is 5. The number of methoxy groups -OCH3 is 1. The Labute approximate surface area is 90.7 Å². The van der Waals surface area contributed by atoms with Crippen LogP contribution in [-0.2, 0) is 4.74 Å². The number of hydrogen-bond donors (Lipinski definition) is 1. The highest BCUT2D eigenvalue weighted by atomic mass is 32.1.